The maximum atomic E-state index is 12.1. The van der Waals surface area contributed by atoms with Gasteiger partial charge in [-0.25, -0.2) is 14.5 Å². The van der Waals surface area contributed by atoms with E-state index in [4.69, 9.17) is 5.84 Å². The molecular weight excluding hydrogens is 258 g/mol. The number of aromatic nitrogens is 4. The molecule has 2 aromatic heterocycles. The number of unbranched alkanes of at least 4 members (excludes halogenated alkanes) is 3. The number of nitrogens with two attached hydrogens (primary N) is 1. The molecule has 0 amide bonds. The topological polar surface area (TPSA) is 87.8 Å². The molecule has 0 aliphatic heterocycles. The van der Waals surface area contributed by atoms with Gasteiger partial charge >= 0.3 is 5.69 Å². The highest BCUT2D eigenvalue weighted by Gasteiger charge is 2.17. The summed E-state index contributed by atoms with van der Waals surface area (Å²) in [6, 6.07) is 0. The summed E-state index contributed by atoms with van der Waals surface area (Å²) in [5, 5.41) is 0. The Morgan fingerprint density at radius 2 is 1.80 bits per heavy atom. The molecule has 0 radical (unpaired) electrons. The summed E-state index contributed by atoms with van der Waals surface area (Å²) in [7, 11) is 3.04. The Balaban J connectivity index is 2.48. The highest BCUT2D eigenvalue weighted by molar-refractivity contribution is 5.71. The third kappa shape index (κ3) is 2.23. The van der Waals surface area contributed by atoms with Crippen molar-refractivity contribution in [3.8, 4) is 0 Å². The number of nitrogen functional groups attached to an aromatic ring is 1. The Morgan fingerprint density at radius 3 is 2.45 bits per heavy atom. The van der Waals surface area contributed by atoms with Gasteiger partial charge in [0.25, 0.3) is 5.56 Å². The monoisotopic (exact) mass is 279 g/mol. The van der Waals surface area contributed by atoms with Gasteiger partial charge in [-0.1, -0.05) is 26.2 Å². The smallest absolute Gasteiger partial charge is 0.332 e. The van der Waals surface area contributed by atoms with E-state index in [0.717, 1.165) is 23.8 Å². The highest BCUT2D eigenvalue weighted by Crippen LogP contribution is 2.11. The fourth-order valence-corrected chi connectivity index (χ4v) is 2.35. The van der Waals surface area contributed by atoms with Crippen molar-refractivity contribution < 1.29 is 0 Å². The molecular formula is C13H21N5O2. The fourth-order valence-electron chi connectivity index (χ4n) is 2.35. The van der Waals surface area contributed by atoms with Crippen molar-refractivity contribution >= 4 is 11.2 Å². The van der Waals surface area contributed by atoms with Crippen molar-refractivity contribution in [2.75, 3.05) is 5.84 Å². The molecule has 0 atom stereocenters. The normalized spacial score (nSPS) is 11.3. The van der Waals surface area contributed by atoms with Crippen molar-refractivity contribution in [1.82, 2.24) is 18.8 Å². The van der Waals surface area contributed by atoms with Crippen molar-refractivity contribution in [3.63, 3.8) is 0 Å². The molecule has 2 N–H and O–H groups in total. The summed E-state index contributed by atoms with van der Waals surface area (Å²) in [6.45, 7) is 2.15. The number of aryl methyl sites for hydroxylation is 2. The summed E-state index contributed by atoms with van der Waals surface area (Å²) in [5.41, 5.74) is -0.165. The van der Waals surface area contributed by atoms with Crippen LogP contribution in [0.5, 0.6) is 0 Å². The van der Waals surface area contributed by atoms with E-state index in [1.807, 2.05) is 0 Å². The quantitative estimate of drug-likeness (QED) is 0.628. The minimum atomic E-state index is -0.405. The average molecular weight is 279 g/mol. The van der Waals surface area contributed by atoms with Crippen LogP contribution in [0.15, 0.2) is 9.59 Å². The van der Waals surface area contributed by atoms with Crippen molar-refractivity contribution in [2.45, 2.75) is 39.0 Å². The number of rotatable bonds is 5. The molecule has 0 saturated carbocycles. The molecule has 2 heterocycles. The van der Waals surface area contributed by atoms with Gasteiger partial charge < -0.3 is 5.84 Å². The molecule has 7 nitrogen and oxygen atoms in total. The maximum Gasteiger partial charge on any atom is 0.332 e. The number of fused-ring (bicyclic) bond motifs is 1. The summed E-state index contributed by atoms with van der Waals surface area (Å²) in [5.74, 6) is 6.62. The third-order valence-electron chi connectivity index (χ3n) is 3.62. The zero-order valence-electron chi connectivity index (χ0n) is 12.2. The molecule has 110 valence electrons. The van der Waals surface area contributed by atoms with Crippen LogP contribution in [-0.4, -0.2) is 18.8 Å². The molecule has 2 aromatic rings. The van der Waals surface area contributed by atoms with Crippen molar-refractivity contribution in [2.24, 2.45) is 14.1 Å². The van der Waals surface area contributed by atoms with Gasteiger partial charge in [-0.05, 0) is 6.42 Å². The lowest BCUT2D eigenvalue weighted by Crippen LogP contribution is -2.38. The van der Waals surface area contributed by atoms with Crippen LogP contribution in [0.4, 0.5) is 0 Å². The van der Waals surface area contributed by atoms with Crippen LogP contribution >= 0.6 is 0 Å². The van der Waals surface area contributed by atoms with Crippen LogP contribution < -0.4 is 17.1 Å². The first-order chi connectivity index (χ1) is 9.49. The van der Waals surface area contributed by atoms with Gasteiger partial charge in [-0.2, -0.15) is 0 Å². The summed E-state index contributed by atoms with van der Waals surface area (Å²) in [6.07, 6.45) is 5.13. The second-order valence-electron chi connectivity index (χ2n) is 5.09. The number of nitrogens with zero attached hydrogens (tertiary/aromatic N) is 4. The van der Waals surface area contributed by atoms with E-state index in [2.05, 4.69) is 11.9 Å². The van der Waals surface area contributed by atoms with Crippen molar-refractivity contribution in [1.29, 1.82) is 0 Å². The summed E-state index contributed by atoms with van der Waals surface area (Å²) in [4.78, 5) is 28.3. The van der Waals surface area contributed by atoms with Gasteiger partial charge in [0.15, 0.2) is 11.2 Å². The molecule has 0 bridgehead atoms. The Labute approximate surface area is 116 Å². The predicted octanol–water partition coefficient (Wildman–Crippen LogP) is 0.270. The Kier molecular flexibility index (Phi) is 3.96. The van der Waals surface area contributed by atoms with E-state index in [0.29, 0.717) is 17.9 Å². The maximum absolute atomic E-state index is 12.1. The Hall–Kier alpha value is -2.05. The molecule has 7 heteroatoms. The molecule has 0 aliphatic rings. The highest BCUT2D eigenvalue weighted by atomic mass is 16.2. The Morgan fingerprint density at radius 1 is 1.10 bits per heavy atom. The average Bonchev–Trinajstić information content (AvgIpc) is 2.76. The van der Waals surface area contributed by atoms with Gasteiger partial charge in [0.05, 0.1) is 0 Å². The standard InChI is InChI=1S/C13H21N5O2/c1-4-5-6-7-8-9-15-11-10(18(9)14)12(19)17(3)13(20)16(11)2/h4-8,14H2,1-3H3. The van der Waals surface area contributed by atoms with Crippen LogP contribution in [0.25, 0.3) is 11.2 Å². The summed E-state index contributed by atoms with van der Waals surface area (Å²) >= 11 is 0. The Bertz CT molecular complexity index is 738. The van der Waals surface area contributed by atoms with Crippen LogP contribution in [0, 0.1) is 0 Å². The van der Waals surface area contributed by atoms with Gasteiger partial charge in [0, 0.05) is 20.5 Å². The second kappa shape index (κ2) is 5.52. The van der Waals surface area contributed by atoms with E-state index in [-0.39, 0.29) is 5.52 Å². The molecule has 0 fully saturated rings. The van der Waals surface area contributed by atoms with E-state index in [1.165, 1.54) is 22.7 Å². The first kappa shape index (κ1) is 14.4. The zero-order chi connectivity index (χ0) is 14.9. The van der Waals surface area contributed by atoms with Crippen LogP contribution in [0.1, 0.15) is 38.4 Å². The van der Waals surface area contributed by atoms with Gasteiger partial charge in [-0.15, -0.1) is 0 Å². The number of hydrogen-bond acceptors (Lipinski definition) is 4. The lowest BCUT2D eigenvalue weighted by Gasteiger charge is -2.03. The SMILES string of the molecule is CCCCCCc1nc2c(c(=O)n(C)c(=O)n2C)n1N. The van der Waals surface area contributed by atoms with Crippen molar-refractivity contribution in [3.05, 3.63) is 26.7 Å². The predicted molar refractivity (Wildman–Crippen MR) is 78.2 cm³/mol. The van der Waals surface area contributed by atoms with Gasteiger partial charge in [0.2, 0.25) is 0 Å². The van der Waals surface area contributed by atoms with Crippen LogP contribution in [0.3, 0.4) is 0 Å². The van der Waals surface area contributed by atoms with E-state index >= 15 is 0 Å². The van der Waals surface area contributed by atoms with Crippen LogP contribution in [-0.2, 0) is 20.5 Å². The van der Waals surface area contributed by atoms with Gasteiger partial charge in [0.1, 0.15) is 5.82 Å². The minimum absolute atomic E-state index is 0.278. The van der Waals surface area contributed by atoms with Gasteiger partial charge in [-0.3, -0.25) is 13.9 Å². The largest absolute Gasteiger partial charge is 0.337 e. The molecule has 0 saturated heterocycles. The lowest BCUT2D eigenvalue weighted by atomic mass is 10.1. The molecule has 0 spiro atoms. The molecule has 0 unspecified atom stereocenters. The second-order valence-corrected chi connectivity index (χ2v) is 5.09. The van der Waals surface area contributed by atoms with E-state index in [9.17, 15) is 9.59 Å². The first-order valence-corrected chi connectivity index (χ1v) is 6.91. The molecule has 0 aliphatic carbocycles. The van der Waals surface area contributed by atoms with E-state index in [1.54, 1.807) is 7.05 Å². The van der Waals surface area contributed by atoms with E-state index < -0.39 is 11.2 Å². The minimum Gasteiger partial charge on any atom is -0.337 e. The first-order valence-electron chi connectivity index (χ1n) is 6.91. The fraction of sp³-hybridized carbons (Fsp3) is 0.615. The third-order valence-corrected chi connectivity index (χ3v) is 3.62. The zero-order valence-corrected chi connectivity index (χ0v) is 12.2. The summed E-state index contributed by atoms with van der Waals surface area (Å²) < 4.78 is 3.73. The number of imidazole rings is 1. The lowest BCUT2D eigenvalue weighted by molar-refractivity contribution is 0.646. The number of hydrogen-bond donors (Lipinski definition) is 1. The molecule has 0 aromatic carbocycles. The van der Waals surface area contributed by atoms with Crippen LogP contribution in [0.2, 0.25) is 0 Å². The molecule has 20 heavy (non-hydrogen) atoms. The molecule has 2 rings (SSSR count).